The first-order valence-corrected chi connectivity index (χ1v) is 12.1. The maximum atomic E-state index is 13.5. The number of allylic oxidation sites excluding steroid dienone is 1. The van der Waals surface area contributed by atoms with Crippen molar-refractivity contribution in [2.45, 2.75) is 37.0 Å². The molecule has 32 heavy (non-hydrogen) atoms. The van der Waals surface area contributed by atoms with Crippen molar-refractivity contribution in [2.24, 2.45) is 0 Å². The molecule has 3 rings (SSSR count). The minimum absolute atomic E-state index is 0.0880. The van der Waals surface area contributed by atoms with Gasteiger partial charge < -0.3 is 14.8 Å². The zero-order valence-electron chi connectivity index (χ0n) is 18.5. The van der Waals surface area contributed by atoms with Gasteiger partial charge in [-0.05, 0) is 56.4 Å². The summed E-state index contributed by atoms with van der Waals surface area (Å²) in [4.78, 5) is 12.9. The zero-order valence-corrected chi connectivity index (χ0v) is 19.4. The summed E-state index contributed by atoms with van der Waals surface area (Å²) in [5.74, 6) is 0.398. The van der Waals surface area contributed by atoms with E-state index in [1.54, 1.807) is 36.4 Å². The number of hydrogen-bond donors (Lipinski definition) is 1. The minimum atomic E-state index is -4.03. The second kappa shape index (κ2) is 11.0. The van der Waals surface area contributed by atoms with E-state index in [1.165, 1.54) is 44.8 Å². The molecule has 0 saturated heterocycles. The van der Waals surface area contributed by atoms with Gasteiger partial charge in [-0.2, -0.15) is 0 Å². The Hall–Kier alpha value is -3.00. The highest BCUT2D eigenvalue weighted by Crippen LogP contribution is 2.35. The number of carbonyl (C=O) groups is 1. The molecule has 0 aliphatic heterocycles. The molecule has 0 radical (unpaired) electrons. The van der Waals surface area contributed by atoms with Crippen molar-refractivity contribution in [1.29, 1.82) is 0 Å². The largest absolute Gasteiger partial charge is 0.497 e. The molecular weight excluding hydrogens is 428 g/mol. The predicted octanol–water partition coefficient (Wildman–Crippen LogP) is 3.91. The van der Waals surface area contributed by atoms with Crippen LogP contribution in [-0.4, -0.2) is 41.6 Å². The summed E-state index contributed by atoms with van der Waals surface area (Å²) in [5, 5.41) is 2.86. The fourth-order valence-electron chi connectivity index (χ4n) is 3.69. The molecule has 0 spiro atoms. The van der Waals surface area contributed by atoms with Gasteiger partial charge >= 0.3 is 0 Å². The molecule has 2 aromatic rings. The van der Waals surface area contributed by atoms with Crippen molar-refractivity contribution in [3.8, 4) is 11.5 Å². The third kappa shape index (κ3) is 5.82. The Morgan fingerprint density at radius 3 is 2.50 bits per heavy atom. The van der Waals surface area contributed by atoms with E-state index in [0.717, 1.165) is 23.6 Å². The lowest BCUT2D eigenvalue weighted by Gasteiger charge is -2.26. The predicted molar refractivity (Wildman–Crippen MR) is 125 cm³/mol. The number of amides is 1. The van der Waals surface area contributed by atoms with Crippen LogP contribution in [0.2, 0.25) is 0 Å². The van der Waals surface area contributed by atoms with Gasteiger partial charge in [-0.15, -0.1) is 0 Å². The number of hydrogen-bond acceptors (Lipinski definition) is 5. The molecule has 1 amide bonds. The van der Waals surface area contributed by atoms with E-state index in [2.05, 4.69) is 11.4 Å². The van der Waals surface area contributed by atoms with Crippen molar-refractivity contribution >= 4 is 21.6 Å². The van der Waals surface area contributed by atoms with Gasteiger partial charge in [-0.1, -0.05) is 29.8 Å². The van der Waals surface area contributed by atoms with Crippen LogP contribution in [0, 0.1) is 0 Å². The van der Waals surface area contributed by atoms with Gasteiger partial charge in [0.25, 0.3) is 10.0 Å². The van der Waals surface area contributed by atoms with Gasteiger partial charge in [0.05, 0.1) is 24.8 Å². The molecule has 8 heteroatoms. The number of nitrogens with one attached hydrogen (secondary N) is 1. The second-order valence-corrected chi connectivity index (χ2v) is 9.43. The van der Waals surface area contributed by atoms with Gasteiger partial charge in [0.15, 0.2) is 0 Å². The molecule has 0 fully saturated rings. The van der Waals surface area contributed by atoms with Crippen LogP contribution in [-0.2, 0) is 14.8 Å². The average molecular weight is 459 g/mol. The fourth-order valence-corrected chi connectivity index (χ4v) is 5.14. The van der Waals surface area contributed by atoms with E-state index in [0.29, 0.717) is 18.0 Å². The van der Waals surface area contributed by atoms with Crippen molar-refractivity contribution in [3.63, 3.8) is 0 Å². The number of rotatable bonds is 10. The van der Waals surface area contributed by atoms with Gasteiger partial charge in [-0.25, -0.2) is 8.42 Å². The van der Waals surface area contributed by atoms with E-state index < -0.39 is 10.0 Å². The summed E-state index contributed by atoms with van der Waals surface area (Å²) in [5.41, 5.74) is 1.58. The number of methoxy groups -OCH3 is 2. The summed E-state index contributed by atoms with van der Waals surface area (Å²) in [6, 6.07) is 12.9. The Morgan fingerprint density at radius 1 is 1.06 bits per heavy atom. The third-order valence-corrected chi connectivity index (χ3v) is 7.20. The molecule has 0 bridgehead atoms. The fraction of sp³-hybridized carbons (Fsp3) is 0.375. The molecule has 1 aliphatic carbocycles. The van der Waals surface area contributed by atoms with Crippen molar-refractivity contribution in [2.75, 3.05) is 31.6 Å². The Bertz CT molecular complexity index is 1050. The molecule has 2 aromatic carbocycles. The highest BCUT2D eigenvalue weighted by atomic mass is 32.2. The molecule has 7 nitrogen and oxygen atoms in total. The lowest BCUT2D eigenvalue weighted by Crippen LogP contribution is -2.41. The van der Waals surface area contributed by atoms with E-state index in [1.807, 2.05) is 0 Å². The number of nitrogens with zero attached hydrogens (tertiary/aromatic N) is 1. The van der Waals surface area contributed by atoms with Crippen LogP contribution < -0.4 is 19.1 Å². The molecule has 0 unspecified atom stereocenters. The standard InChI is InChI=1S/C24H30N2O5S/c1-30-20-13-14-23(31-2)22(17-20)26(32(28,29)21-11-7-4-8-12-21)18-24(27)25-16-15-19-9-5-3-6-10-19/h4,7-9,11-14,17H,3,5-6,10,15-16,18H2,1-2H3,(H,25,27). The van der Waals surface area contributed by atoms with Crippen LogP contribution in [0.3, 0.4) is 0 Å². The average Bonchev–Trinajstić information content (AvgIpc) is 2.83. The molecule has 0 atom stereocenters. The lowest BCUT2D eigenvalue weighted by atomic mass is 9.97. The summed E-state index contributed by atoms with van der Waals surface area (Å²) in [6.07, 6.45) is 7.55. The van der Waals surface area contributed by atoms with Crippen molar-refractivity contribution in [3.05, 3.63) is 60.2 Å². The van der Waals surface area contributed by atoms with Crippen molar-refractivity contribution in [1.82, 2.24) is 5.32 Å². The summed E-state index contributed by atoms with van der Waals surface area (Å²) >= 11 is 0. The van der Waals surface area contributed by atoms with Crippen LogP contribution in [0.25, 0.3) is 0 Å². The van der Waals surface area contributed by atoms with Crippen LogP contribution in [0.5, 0.6) is 11.5 Å². The number of benzene rings is 2. The van der Waals surface area contributed by atoms with Crippen molar-refractivity contribution < 1.29 is 22.7 Å². The van der Waals surface area contributed by atoms with Crippen LogP contribution in [0.4, 0.5) is 5.69 Å². The highest BCUT2D eigenvalue weighted by Gasteiger charge is 2.29. The Kier molecular flexibility index (Phi) is 8.16. The molecule has 172 valence electrons. The molecule has 0 saturated carbocycles. The first-order valence-electron chi connectivity index (χ1n) is 10.7. The quantitative estimate of drug-likeness (QED) is 0.546. The maximum absolute atomic E-state index is 13.5. The first-order chi connectivity index (χ1) is 15.5. The second-order valence-electron chi connectivity index (χ2n) is 7.57. The van der Waals surface area contributed by atoms with E-state index in [-0.39, 0.29) is 23.0 Å². The zero-order chi connectivity index (χ0) is 23.0. The van der Waals surface area contributed by atoms with Gasteiger partial charge in [0, 0.05) is 12.6 Å². The molecule has 1 N–H and O–H groups in total. The highest BCUT2D eigenvalue weighted by molar-refractivity contribution is 7.92. The molecular formula is C24H30N2O5S. The Balaban J connectivity index is 1.86. The summed E-state index contributed by atoms with van der Waals surface area (Å²) in [6.45, 7) is 0.0962. The number of carbonyl (C=O) groups excluding carboxylic acids is 1. The monoisotopic (exact) mass is 458 g/mol. The Morgan fingerprint density at radius 2 is 1.84 bits per heavy atom. The van der Waals surface area contributed by atoms with Crippen LogP contribution in [0.15, 0.2) is 65.1 Å². The summed E-state index contributed by atoms with van der Waals surface area (Å²) in [7, 11) is -1.08. The normalized spacial score (nSPS) is 13.8. The Labute approximate surface area is 190 Å². The van der Waals surface area contributed by atoms with Crippen LogP contribution >= 0.6 is 0 Å². The number of ether oxygens (including phenoxy) is 2. The van der Waals surface area contributed by atoms with E-state index >= 15 is 0 Å². The van der Waals surface area contributed by atoms with E-state index in [4.69, 9.17) is 9.47 Å². The smallest absolute Gasteiger partial charge is 0.264 e. The molecule has 0 heterocycles. The SMILES string of the molecule is COc1ccc(OC)c(N(CC(=O)NCCC2=CCCCC2)S(=O)(=O)c2ccccc2)c1. The number of sulfonamides is 1. The lowest BCUT2D eigenvalue weighted by molar-refractivity contribution is -0.119. The van der Waals surface area contributed by atoms with Gasteiger partial charge in [-0.3, -0.25) is 9.10 Å². The summed E-state index contributed by atoms with van der Waals surface area (Å²) < 4.78 is 38.7. The minimum Gasteiger partial charge on any atom is -0.497 e. The third-order valence-electron chi connectivity index (χ3n) is 5.43. The topological polar surface area (TPSA) is 84.9 Å². The first kappa shape index (κ1) is 23.7. The van der Waals surface area contributed by atoms with Gasteiger partial charge in [0.1, 0.15) is 18.0 Å². The maximum Gasteiger partial charge on any atom is 0.264 e. The van der Waals surface area contributed by atoms with E-state index in [9.17, 15) is 13.2 Å². The molecule has 0 aromatic heterocycles. The number of anilines is 1. The molecule has 1 aliphatic rings. The van der Waals surface area contributed by atoms with Gasteiger partial charge in [0.2, 0.25) is 5.91 Å². The van der Waals surface area contributed by atoms with Crippen LogP contribution in [0.1, 0.15) is 32.1 Å².